The SMILES string of the molecule is Cc1nc2nc(C)c(CCC(=O)N3CCOCC3)c(C)n2n1. The molecule has 0 spiro atoms. The molecule has 7 nitrogen and oxygen atoms in total. The van der Waals surface area contributed by atoms with Crippen LogP contribution in [-0.4, -0.2) is 56.7 Å². The van der Waals surface area contributed by atoms with Gasteiger partial charge in [0.2, 0.25) is 5.91 Å². The molecule has 0 aromatic carbocycles. The van der Waals surface area contributed by atoms with E-state index in [-0.39, 0.29) is 5.91 Å². The zero-order valence-electron chi connectivity index (χ0n) is 13.3. The maximum atomic E-state index is 12.3. The summed E-state index contributed by atoms with van der Waals surface area (Å²) >= 11 is 0. The molecule has 0 N–H and O–H groups in total. The van der Waals surface area contributed by atoms with Crippen molar-refractivity contribution in [1.29, 1.82) is 0 Å². The average Bonchev–Trinajstić information content (AvgIpc) is 2.88. The molecule has 2 aromatic heterocycles. The van der Waals surface area contributed by atoms with Crippen LogP contribution >= 0.6 is 0 Å². The van der Waals surface area contributed by atoms with Gasteiger partial charge in [-0.25, -0.2) is 9.50 Å². The molecule has 0 aliphatic carbocycles. The summed E-state index contributed by atoms with van der Waals surface area (Å²) in [6.45, 7) is 8.47. The molecule has 7 heteroatoms. The fourth-order valence-corrected chi connectivity index (χ4v) is 2.87. The van der Waals surface area contributed by atoms with Gasteiger partial charge in [0.05, 0.1) is 13.2 Å². The minimum absolute atomic E-state index is 0.178. The Morgan fingerprint density at radius 1 is 1.18 bits per heavy atom. The molecular formula is C15H21N5O2. The second kappa shape index (κ2) is 6.00. The maximum Gasteiger partial charge on any atom is 0.252 e. The Morgan fingerprint density at radius 3 is 2.64 bits per heavy atom. The lowest BCUT2D eigenvalue weighted by Crippen LogP contribution is -2.40. The zero-order valence-corrected chi connectivity index (χ0v) is 13.3. The van der Waals surface area contributed by atoms with E-state index in [0.717, 1.165) is 17.0 Å². The van der Waals surface area contributed by atoms with Gasteiger partial charge in [0, 0.05) is 30.9 Å². The van der Waals surface area contributed by atoms with Crippen LogP contribution in [0.15, 0.2) is 0 Å². The van der Waals surface area contributed by atoms with Gasteiger partial charge >= 0.3 is 0 Å². The van der Waals surface area contributed by atoms with E-state index in [1.807, 2.05) is 25.7 Å². The first-order valence-electron chi connectivity index (χ1n) is 7.61. The number of carbonyl (C=O) groups excluding carboxylic acids is 1. The predicted molar refractivity (Wildman–Crippen MR) is 80.7 cm³/mol. The number of hydrogen-bond donors (Lipinski definition) is 0. The van der Waals surface area contributed by atoms with E-state index in [1.165, 1.54) is 0 Å². The van der Waals surface area contributed by atoms with E-state index in [0.29, 0.717) is 50.7 Å². The molecule has 22 heavy (non-hydrogen) atoms. The van der Waals surface area contributed by atoms with Crippen LogP contribution in [-0.2, 0) is 16.0 Å². The number of fused-ring (bicyclic) bond motifs is 1. The largest absolute Gasteiger partial charge is 0.378 e. The molecule has 0 saturated carbocycles. The summed E-state index contributed by atoms with van der Waals surface area (Å²) in [5, 5.41) is 4.36. The third kappa shape index (κ3) is 2.81. The first kappa shape index (κ1) is 14.9. The number of amides is 1. The highest BCUT2D eigenvalue weighted by atomic mass is 16.5. The van der Waals surface area contributed by atoms with Crippen LogP contribution in [0.25, 0.3) is 5.78 Å². The normalized spacial score (nSPS) is 15.5. The molecule has 2 aromatic rings. The molecule has 0 radical (unpaired) electrons. The van der Waals surface area contributed by atoms with Gasteiger partial charge in [-0.1, -0.05) is 0 Å². The van der Waals surface area contributed by atoms with Crippen molar-refractivity contribution in [3.63, 3.8) is 0 Å². The van der Waals surface area contributed by atoms with Crippen molar-refractivity contribution in [2.75, 3.05) is 26.3 Å². The summed E-state index contributed by atoms with van der Waals surface area (Å²) in [5.74, 6) is 1.50. The Morgan fingerprint density at radius 2 is 1.91 bits per heavy atom. The molecule has 1 aliphatic heterocycles. The molecule has 0 atom stereocenters. The lowest BCUT2D eigenvalue weighted by Gasteiger charge is -2.27. The van der Waals surface area contributed by atoms with Gasteiger partial charge in [-0.15, -0.1) is 0 Å². The van der Waals surface area contributed by atoms with Crippen LogP contribution in [0, 0.1) is 20.8 Å². The van der Waals surface area contributed by atoms with Crippen molar-refractivity contribution >= 4 is 11.7 Å². The number of carbonyl (C=O) groups is 1. The molecule has 0 unspecified atom stereocenters. The highest BCUT2D eigenvalue weighted by Gasteiger charge is 2.18. The minimum atomic E-state index is 0.178. The summed E-state index contributed by atoms with van der Waals surface area (Å²) in [5.41, 5.74) is 3.02. The lowest BCUT2D eigenvalue weighted by atomic mass is 10.1. The molecule has 118 valence electrons. The first-order chi connectivity index (χ1) is 10.6. The third-order valence-corrected chi connectivity index (χ3v) is 4.11. The molecule has 1 aliphatic rings. The van der Waals surface area contributed by atoms with Crippen molar-refractivity contribution in [3.8, 4) is 0 Å². The fraction of sp³-hybridized carbons (Fsp3) is 0.600. The van der Waals surface area contributed by atoms with Gasteiger partial charge in [0.15, 0.2) is 0 Å². The number of nitrogens with zero attached hydrogens (tertiary/aromatic N) is 5. The first-order valence-corrected chi connectivity index (χ1v) is 7.61. The quantitative estimate of drug-likeness (QED) is 0.840. The number of hydrogen-bond acceptors (Lipinski definition) is 5. The Bertz CT molecular complexity index is 704. The van der Waals surface area contributed by atoms with Gasteiger partial charge in [0.25, 0.3) is 5.78 Å². The second-order valence-electron chi connectivity index (χ2n) is 5.63. The Kier molecular flexibility index (Phi) is 4.06. The summed E-state index contributed by atoms with van der Waals surface area (Å²) in [7, 11) is 0. The summed E-state index contributed by atoms with van der Waals surface area (Å²) < 4.78 is 7.04. The van der Waals surface area contributed by atoms with Crippen molar-refractivity contribution in [2.24, 2.45) is 0 Å². The molecule has 1 amide bonds. The number of aromatic nitrogens is 4. The molecule has 0 bridgehead atoms. The average molecular weight is 303 g/mol. The van der Waals surface area contributed by atoms with E-state index >= 15 is 0 Å². The van der Waals surface area contributed by atoms with Gasteiger partial charge < -0.3 is 9.64 Å². The van der Waals surface area contributed by atoms with Crippen molar-refractivity contribution in [3.05, 3.63) is 22.8 Å². The van der Waals surface area contributed by atoms with Crippen molar-refractivity contribution in [1.82, 2.24) is 24.5 Å². The number of aryl methyl sites for hydroxylation is 3. The van der Waals surface area contributed by atoms with Crippen LogP contribution in [0.4, 0.5) is 0 Å². The fourth-order valence-electron chi connectivity index (χ4n) is 2.87. The van der Waals surface area contributed by atoms with Crippen molar-refractivity contribution in [2.45, 2.75) is 33.6 Å². The summed E-state index contributed by atoms with van der Waals surface area (Å²) in [4.78, 5) is 22.9. The topological polar surface area (TPSA) is 72.6 Å². The van der Waals surface area contributed by atoms with Crippen LogP contribution in [0.1, 0.15) is 29.2 Å². The van der Waals surface area contributed by atoms with Crippen LogP contribution in [0.2, 0.25) is 0 Å². The number of rotatable bonds is 3. The van der Waals surface area contributed by atoms with Crippen molar-refractivity contribution < 1.29 is 9.53 Å². The minimum Gasteiger partial charge on any atom is -0.378 e. The smallest absolute Gasteiger partial charge is 0.252 e. The summed E-state index contributed by atoms with van der Waals surface area (Å²) in [6, 6.07) is 0. The van der Waals surface area contributed by atoms with Crippen LogP contribution in [0.3, 0.4) is 0 Å². The number of ether oxygens (including phenoxy) is 1. The zero-order chi connectivity index (χ0) is 15.7. The molecule has 1 fully saturated rings. The lowest BCUT2D eigenvalue weighted by molar-refractivity contribution is -0.135. The van der Waals surface area contributed by atoms with Gasteiger partial charge in [-0.2, -0.15) is 10.1 Å². The predicted octanol–water partition coefficient (Wildman–Crippen LogP) is 0.841. The molecule has 1 saturated heterocycles. The molecule has 3 rings (SSSR count). The maximum absolute atomic E-state index is 12.3. The van der Waals surface area contributed by atoms with Crippen LogP contribution < -0.4 is 0 Å². The van der Waals surface area contributed by atoms with Gasteiger partial charge in [-0.3, -0.25) is 4.79 Å². The van der Waals surface area contributed by atoms with E-state index in [9.17, 15) is 4.79 Å². The highest BCUT2D eigenvalue weighted by molar-refractivity contribution is 5.76. The molecule has 3 heterocycles. The Hall–Kier alpha value is -2.02. The standard InChI is InChI=1S/C15H21N5O2/c1-10-13(4-5-14(21)19-6-8-22-9-7-19)11(2)20-15(16-10)17-12(3)18-20/h4-9H2,1-3H3. The number of morpholine rings is 1. The van der Waals surface area contributed by atoms with Gasteiger partial charge in [0.1, 0.15) is 5.82 Å². The van der Waals surface area contributed by atoms with E-state index < -0.39 is 0 Å². The van der Waals surface area contributed by atoms with E-state index in [2.05, 4.69) is 15.1 Å². The van der Waals surface area contributed by atoms with Gasteiger partial charge in [-0.05, 0) is 32.8 Å². The third-order valence-electron chi connectivity index (χ3n) is 4.11. The monoisotopic (exact) mass is 303 g/mol. The summed E-state index contributed by atoms with van der Waals surface area (Å²) in [6.07, 6.45) is 1.16. The Labute approximate surface area is 129 Å². The van der Waals surface area contributed by atoms with Crippen LogP contribution in [0.5, 0.6) is 0 Å². The van der Waals surface area contributed by atoms with E-state index in [4.69, 9.17) is 4.74 Å². The Balaban J connectivity index is 1.77. The highest BCUT2D eigenvalue weighted by Crippen LogP contribution is 2.16. The molecular weight excluding hydrogens is 282 g/mol. The van der Waals surface area contributed by atoms with E-state index in [1.54, 1.807) is 4.52 Å². The second-order valence-corrected chi connectivity index (χ2v) is 5.63.